The molecule has 1 heterocycles. The van der Waals surface area contributed by atoms with Crippen LogP contribution in [-0.4, -0.2) is 48.9 Å². The minimum absolute atomic E-state index is 0.103. The van der Waals surface area contributed by atoms with Gasteiger partial charge >= 0.3 is 5.97 Å². The minimum Gasteiger partial charge on any atom is -0.468 e. The first kappa shape index (κ1) is 16.1. The Bertz CT molecular complexity index is 327. The summed E-state index contributed by atoms with van der Waals surface area (Å²) in [7, 11) is 1.49. The van der Waals surface area contributed by atoms with E-state index in [0.717, 1.165) is 37.4 Å². The molecule has 0 bridgehead atoms. The number of nitrogens with one attached hydrogen (secondary N) is 1. The first-order valence-corrected chi connectivity index (χ1v) is 8.79. The van der Waals surface area contributed by atoms with Gasteiger partial charge in [-0.3, -0.25) is 10.1 Å². The van der Waals surface area contributed by atoms with Gasteiger partial charge in [-0.25, -0.2) is 0 Å². The van der Waals surface area contributed by atoms with E-state index in [9.17, 15) is 4.79 Å². The molecule has 2 fully saturated rings. The van der Waals surface area contributed by atoms with Crippen molar-refractivity contribution in [2.75, 3.05) is 25.2 Å². The standard InChI is InChI=1S/C15H27NO3S/c1-11(2)16-15(12-6-7-12,14(17)18-3)10-20-9-13-5-4-8-19-13/h11-13,16H,4-10H2,1-3H3. The van der Waals surface area contributed by atoms with Crippen LogP contribution < -0.4 is 5.32 Å². The topological polar surface area (TPSA) is 47.6 Å². The van der Waals surface area contributed by atoms with E-state index in [1.807, 2.05) is 11.8 Å². The van der Waals surface area contributed by atoms with E-state index in [0.29, 0.717) is 12.0 Å². The summed E-state index contributed by atoms with van der Waals surface area (Å²) in [5.41, 5.74) is -0.508. The first-order chi connectivity index (χ1) is 9.58. The summed E-state index contributed by atoms with van der Waals surface area (Å²) in [6.07, 6.45) is 4.93. The molecule has 0 spiro atoms. The number of ether oxygens (including phenoxy) is 2. The Labute approximate surface area is 126 Å². The summed E-state index contributed by atoms with van der Waals surface area (Å²) in [4.78, 5) is 12.3. The van der Waals surface area contributed by atoms with Gasteiger partial charge in [-0.15, -0.1) is 0 Å². The molecular weight excluding hydrogens is 274 g/mol. The quantitative estimate of drug-likeness (QED) is 0.697. The lowest BCUT2D eigenvalue weighted by molar-refractivity contribution is -0.149. The van der Waals surface area contributed by atoms with Gasteiger partial charge in [0.25, 0.3) is 0 Å². The highest BCUT2D eigenvalue weighted by Crippen LogP contribution is 2.42. The van der Waals surface area contributed by atoms with Crippen molar-refractivity contribution < 1.29 is 14.3 Å². The van der Waals surface area contributed by atoms with Gasteiger partial charge in [-0.05, 0) is 45.4 Å². The third-order valence-corrected chi connectivity index (χ3v) is 5.29. The molecule has 1 saturated heterocycles. The van der Waals surface area contributed by atoms with Gasteiger partial charge in [-0.1, -0.05) is 0 Å². The van der Waals surface area contributed by atoms with E-state index in [4.69, 9.17) is 9.47 Å². The number of hydrogen-bond acceptors (Lipinski definition) is 5. The molecule has 0 aromatic carbocycles. The van der Waals surface area contributed by atoms with Crippen molar-refractivity contribution in [2.24, 2.45) is 5.92 Å². The largest absolute Gasteiger partial charge is 0.468 e. The van der Waals surface area contributed by atoms with E-state index in [-0.39, 0.29) is 12.0 Å². The Morgan fingerprint density at radius 1 is 1.45 bits per heavy atom. The summed E-state index contributed by atoms with van der Waals surface area (Å²) in [6.45, 7) is 5.07. The average Bonchev–Trinajstić information content (AvgIpc) is 3.15. The normalized spacial score (nSPS) is 25.7. The van der Waals surface area contributed by atoms with Gasteiger partial charge in [-0.2, -0.15) is 11.8 Å². The highest BCUT2D eigenvalue weighted by Gasteiger charge is 2.52. The molecular formula is C15H27NO3S. The minimum atomic E-state index is -0.508. The Morgan fingerprint density at radius 2 is 2.20 bits per heavy atom. The Kier molecular flexibility index (Phi) is 5.75. The maximum Gasteiger partial charge on any atom is 0.327 e. The third kappa shape index (κ3) is 3.89. The van der Waals surface area contributed by atoms with E-state index >= 15 is 0 Å². The number of carbonyl (C=O) groups excluding carboxylic acids is 1. The van der Waals surface area contributed by atoms with Gasteiger partial charge < -0.3 is 9.47 Å². The Morgan fingerprint density at radius 3 is 2.70 bits per heavy atom. The number of hydrogen-bond donors (Lipinski definition) is 1. The van der Waals surface area contributed by atoms with Crippen molar-refractivity contribution in [3.63, 3.8) is 0 Å². The molecule has 2 unspecified atom stereocenters. The first-order valence-electron chi connectivity index (χ1n) is 7.64. The van der Waals surface area contributed by atoms with E-state index in [2.05, 4.69) is 19.2 Å². The van der Waals surface area contributed by atoms with Crippen LogP contribution in [0.2, 0.25) is 0 Å². The lowest BCUT2D eigenvalue weighted by atomic mass is 9.94. The SMILES string of the molecule is COC(=O)C(CSCC1CCCO1)(NC(C)C)C1CC1. The molecule has 116 valence electrons. The lowest BCUT2D eigenvalue weighted by Gasteiger charge is -2.34. The zero-order valence-corrected chi connectivity index (χ0v) is 13.6. The molecule has 2 atom stereocenters. The van der Waals surface area contributed by atoms with E-state index < -0.39 is 5.54 Å². The van der Waals surface area contributed by atoms with Crippen molar-refractivity contribution in [1.82, 2.24) is 5.32 Å². The van der Waals surface area contributed by atoms with Gasteiger partial charge in [0.15, 0.2) is 0 Å². The maximum absolute atomic E-state index is 12.3. The molecule has 1 aliphatic carbocycles. The second kappa shape index (κ2) is 7.14. The lowest BCUT2D eigenvalue weighted by Crippen LogP contribution is -2.59. The second-order valence-corrected chi connectivity index (χ2v) is 7.22. The van der Waals surface area contributed by atoms with Crippen molar-refractivity contribution in [2.45, 2.75) is 57.2 Å². The third-order valence-electron chi connectivity index (χ3n) is 4.03. The zero-order chi connectivity index (χ0) is 14.6. The summed E-state index contributed by atoms with van der Waals surface area (Å²) in [6, 6.07) is 0.276. The van der Waals surface area contributed by atoms with Gasteiger partial charge in [0.05, 0.1) is 13.2 Å². The average molecular weight is 301 g/mol. The summed E-state index contributed by atoms with van der Waals surface area (Å²) < 4.78 is 10.7. The molecule has 2 rings (SSSR count). The van der Waals surface area contributed by atoms with Crippen LogP contribution in [0.25, 0.3) is 0 Å². The molecule has 0 aromatic rings. The highest BCUT2D eigenvalue weighted by molar-refractivity contribution is 7.99. The van der Waals surface area contributed by atoms with E-state index in [1.54, 1.807) is 0 Å². The number of carbonyl (C=O) groups is 1. The van der Waals surface area contributed by atoms with Crippen LogP contribution in [0, 0.1) is 5.92 Å². The number of methoxy groups -OCH3 is 1. The second-order valence-electron chi connectivity index (χ2n) is 6.19. The predicted octanol–water partition coefficient (Wildman–Crippen LogP) is 2.22. The fraction of sp³-hybridized carbons (Fsp3) is 0.933. The molecule has 1 N–H and O–H groups in total. The molecule has 2 aliphatic rings. The fourth-order valence-electron chi connectivity index (χ4n) is 2.96. The Hall–Kier alpha value is -0.260. The van der Waals surface area contributed by atoms with Crippen LogP contribution >= 0.6 is 11.8 Å². The van der Waals surface area contributed by atoms with Crippen LogP contribution in [0.15, 0.2) is 0 Å². The molecule has 4 nitrogen and oxygen atoms in total. The number of rotatable bonds is 8. The van der Waals surface area contributed by atoms with Crippen molar-refractivity contribution >= 4 is 17.7 Å². The van der Waals surface area contributed by atoms with Crippen LogP contribution in [-0.2, 0) is 14.3 Å². The number of thioether (sulfide) groups is 1. The van der Waals surface area contributed by atoms with Gasteiger partial charge in [0.1, 0.15) is 5.54 Å². The molecule has 1 saturated carbocycles. The molecule has 5 heteroatoms. The molecule has 20 heavy (non-hydrogen) atoms. The summed E-state index contributed by atoms with van der Waals surface area (Å²) in [5, 5.41) is 3.50. The van der Waals surface area contributed by atoms with Crippen molar-refractivity contribution in [1.29, 1.82) is 0 Å². The van der Waals surface area contributed by atoms with Crippen LogP contribution in [0.3, 0.4) is 0 Å². The summed E-state index contributed by atoms with van der Waals surface area (Å²) >= 11 is 1.82. The van der Waals surface area contributed by atoms with Crippen LogP contribution in [0.1, 0.15) is 39.5 Å². The van der Waals surface area contributed by atoms with Gasteiger partial charge in [0, 0.05) is 24.2 Å². The summed E-state index contributed by atoms with van der Waals surface area (Å²) in [5.74, 6) is 2.08. The highest BCUT2D eigenvalue weighted by atomic mass is 32.2. The molecule has 0 radical (unpaired) electrons. The smallest absolute Gasteiger partial charge is 0.327 e. The fourth-order valence-corrected chi connectivity index (χ4v) is 4.36. The van der Waals surface area contributed by atoms with Crippen LogP contribution in [0.4, 0.5) is 0 Å². The van der Waals surface area contributed by atoms with Crippen LogP contribution in [0.5, 0.6) is 0 Å². The monoisotopic (exact) mass is 301 g/mol. The van der Waals surface area contributed by atoms with E-state index in [1.165, 1.54) is 13.5 Å². The molecule has 0 aromatic heterocycles. The Balaban J connectivity index is 1.94. The number of esters is 1. The van der Waals surface area contributed by atoms with Crippen molar-refractivity contribution in [3.8, 4) is 0 Å². The maximum atomic E-state index is 12.3. The predicted molar refractivity (Wildman–Crippen MR) is 82.0 cm³/mol. The molecule has 0 amide bonds. The van der Waals surface area contributed by atoms with Gasteiger partial charge in [0.2, 0.25) is 0 Å². The molecule has 1 aliphatic heterocycles. The van der Waals surface area contributed by atoms with Crippen molar-refractivity contribution in [3.05, 3.63) is 0 Å². The zero-order valence-electron chi connectivity index (χ0n) is 12.8.